The van der Waals surface area contributed by atoms with Gasteiger partial charge in [-0.25, -0.2) is 0 Å². The summed E-state index contributed by atoms with van der Waals surface area (Å²) in [6.45, 7) is 7.84. The summed E-state index contributed by atoms with van der Waals surface area (Å²) in [6.07, 6.45) is 0.858. The molecule has 25 heavy (non-hydrogen) atoms. The Morgan fingerprint density at radius 1 is 1.08 bits per heavy atom. The molecule has 2 unspecified atom stereocenters. The molecule has 5 heteroatoms. The van der Waals surface area contributed by atoms with E-state index < -0.39 is 23.8 Å². The molecule has 0 aliphatic carbocycles. The number of methoxy groups -OCH3 is 2. The van der Waals surface area contributed by atoms with Gasteiger partial charge in [0.15, 0.2) is 12.6 Å². The van der Waals surface area contributed by atoms with E-state index in [0.717, 1.165) is 6.42 Å². The highest BCUT2D eigenvalue weighted by molar-refractivity contribution is 5.15. The Morgan fingerprint density at radius 2 is 1.68 bits per heavy atom. The van der Waals surface area contributed by atoms with Gasteiger partial charge in [-0.1, -0.05) is 30.3 Å². The van der Waals surface area contributed by atoms with E-state index in [9.17, 15) is 5.11 Å². The van der Waals surface area contributed by atoms with Crippen molar-refractivity contribution in [1.29, 1.82) is 0 Å². The average Bonchev–Trinajstić information content (AvgIpc) is 2.57. The topological polar surface area (TPSA) is 57.2 Å². The lowest BCUT2D eigenvalue weighted by molar-refractivity contribution is -0.277. The smallest absolute Gasteiger partial charge is 0.159 e. The zero-order chi connectivity index (χ0) is 18.9. The van der Waals surface area contributed by atoms with Gasteiger partial charge >= 0.3 is 0 Å². The minimum Gasteiger partial charge on any atom is -0.387 e. The van der Waals surface area contributed by atoms with E-state index in [1.807, 2.05) is 32.0 Å². The maximum Gasteiger partial charge on any atom is 0.159 e. The first-order valence-corrected chi connectivity index (χ1v) is 8.89. The number of hydrogen-bond donors (Lipinski definition) is 1. The molecule has 1 N–H and O–H groups in total. The summed E-state index contributed by atoms with van der Waals surface area (Å²) >= 11 is 0. The molecule has 0 aliphatic heterocycles. The van der Waals surface area contributed by atoms with Gasteiger partial charge in [-0.2, -0.15) is 0 Å². The fourth-order valence-electron chi connectivity index (χ4n) is 3.02. The molecule has 0 amide bonds. The standard InChI is InChI=1S/C20H34O5/c1-7-24-16(2)25-20(19(3,4)21,15-18(22-5)23-6)14-13-17-11-9-8-10-12-17/h8-12,16,18,21H,7,13-15H2,1-6H3. The molecule has 0 spiro atoms. The highest BCUT2D eigenvalue weighted by Crippen LogP contribution is 2.37. The number of aryl methyl sites for hydroxylation is 1. The molecular weight excluding hydrogens is 320 g/mol. The van der Waals surface area contributed by atoms with Crippen molar-refractivity contribution in [2.24, 2.45) is 0 Å². The first-order chi connectivity index (χ1) is 11.8. The molecule has 1 aromatic carbocycles. The lowest BCUT2D eigenvalue weighted by atomic mass is 9.78. The summed E-state index contributed by atoms with van der Waals surface area (Å²) in [5.74, 6) is 0. The van der Waals surface area contributed by atoms with E-state index in [-0.39, 0.29) is 0 Å². The van der Waals surface area contributed by atoms with E-state index in [2.05, 4.69) is 12.1 Å². The Bertz CT molecular complexity index is 467. The molecule has 5 nitrogen and oxygen atoms in total. The molecule has 0 radical (unpaired) electrons. The number of rotatable bonds is 12. The van der Waals surface area contributed by atoms with Crippen LogP contribution < -0.4 is 0 Å². The Balaban J connectivity index is 3.08. The second-order valence-corrected chi connectivity index (χ2v) is 6.78. The van der Waals surface area contributed by atoms with Crippen molar-refractivity contribution in [3.8, 4) is 0 Å². The van der Waals surface area contributed by atoms with Crippen LogP contribution in [-0.4, -0.2) is 49.7 Å². The summed E-state index contributed by atoms with van der Waals surface area (Å²) in [7, 11) is 3.18. The molecule has 0 fully saturated rings. The molecule has 2 atom stereocenters. The molecule has 1 aromatic rings. The summed E-state index contributed by atoms with van der Waals surface area (Å²) < 4.78 is 22.6. The van der Waals surface area contributed by atoms with Crippen LogP contribution in [-0.2, 0) is 25.4 Å². The van der Waals surface area contributed by atoms with Gasteiger partial charge in [0.25, 0.3) is 0 Å². The third-order valence-corrected chi connectivity index (χ3v) is 4.59. The highest BCUT2D eigenvalue weighted by atomic mass is 16.7. The Kier molecular flexibility index (Phi) is 9.03. The second-order valence-electron chi connectivity index (χ2n) is 6.78. The predicted molar refractivity (Wildman–Crippen MR) is 98.4 cm³/mol. The number of hydrogen-bond acceptors (Lipinski definition) is 5. The van der Waals surface area contributed by atoms with Gasteiger partial charge in [0.2, 0.25) is 0 Å². The van der Waals surface area contributed by atoms with E-state index in [4.69, 9.17) is 18.9 Å². The van der Waals surface area contributed by atoms with Crippen LogP contribution in [0.2, 0.25) is 0 Å². The molecule has 0 aromatic heterocycles. The maximum atomic E-state index is 11.0. The normalized spacial score (nSPS) is 16.0. The summed E-state index contributed by atoms with van der Waals surface area (Å²) in [6, 6.07) is 10.2. The van der Waals surface area contributed by atoms with E-state index in [1.54, 1.807) is 28.1 Å². The molecule has 0 aliphatic rings. The minimum atomic E-state index is -1.11. The molecular formula is C20H34O5. The highest BCUT2D eigenvalue weighted by Gasteiger charge is 2.47. The number of ether oxygens (including phenoxy) is 4. The summed E-state index contributed by atoms with van der Waals surface area (Å²) in [4.78, 5) is 0. The Labute approximate surface area is 152 Å². The Morgan fingerprint density at radius 3 is 2.16 bits per heavy atom. The van der Waals surface area contributed by atoms with E-state index in [1.165, 1.54) is 5.56 Å². The monoisotopic (exact) mass is 354 g/mol. The van der Waals surface area contributed by atoms with Crippen LogP contribution in [0, 0.1) is 0 Å². The van der Waals surface area contributed by atoms with Crippen molar-refractivity contribution in [1.82, 2.24) is 0 Å². The lowest BCUT2D eigenvalue weighted by Gasteiger charge is -2.46. The van der Waals surface area contributed by atoms with E-state index in [0.29, 0.717) is 19.4 Å². The SMILES string of the molecule is CCOC(C)OC(CCc1ccccc1)(CC(OC)OC)C(C)(C)O. The van der Waals surface area contributed by atoms with Gasteiger partial charge < -0.3 is 24.1 Å². The first kappa shape index (κ1) is 22.1. The van der Waals surface area contributed by atoms with Gasteiger partial charge in [-0.05, 0) is 46.1 Å². The number of aliphatic hydroxyl groups is 1. The minimum absolute atomic E-state index is 0.397. The van der Waals surface area contributed by atoms with Crippen LogP contribution in [0.5, 0.6) is 0 Å². The lowest BCUT2D eigenvalue weighted by Crippen LogP contribution is -2.56. The van der Waals surface area contributed by atoms with Crippen molar-refractivity contribution in [2.75, 3.05) is 20.8 Å². The summed E-state index contributed by atoms with van der Waals surface area (Å²) in [5.41, 5.74) is -0.800. The fourth-order valence-corrected chi connectivity index (χ4v) is 3.02. The maximum absolute atomic E-state index is 11.0. The van der Waals surface area contributed by atoms with Crippen LogP contribution in [0.15, 0.2) is 30.3 Å². The van der Waals surface area contributed by atoms with Gasteiger partial charge in [-0.3, -0.25) is 0 Å². The van der Waals surface area contributed by atoms with Crippen LogP contribution in [0.3, 0.4) is 0 Å². The largest absolute Gasteiger partial charge is 0.387 e. The fraction of sp³-hybridized carbons (Fsp3) is 0.700. The van der Waals surface area contributed by atoms with Crippen molar-refractivity contribution in [3.63, 3.8) is 0 Å². The Hall–Kier alpha value is -0.980. The molecule has 0 heterocycles. The van der Waals surface area contributed by atoms with Crippen LogP contribution >= 0.6 is 0 Å². The molecule has 0 saturated carbocycles. The molecule has 0 saturated heterocycles. The first-order valence-electron chi connectivity index (χ1n) is 8.89. The van der Waals surface area contributed by atoms with Gasteiger partial charge in [0, 0.05) is 27.2 Å². The molecule has 0 bridgehead atoms. The van der Waals surface area contributed by atoms with Crippen molar-refractivity contribution in [3.05, 3.63) is 35.9 Å². The quantitative estimate of drug-likeness (QED) is 0.582. The average molecular weight is 354 g/mol. The molecule has 144 valence electrons. The third-order valence-electron chi connectivity index (χ3n) is 4.59. The molecule has 1 rings (SSSR count). The van der Waals surface area contributed by atoms with Crippen LogP contribution in [0.4, 0.5) is 0 Å². The predicted octanol–water partition coefficient (Wildman–Crippen LogP) is 3.54. The third kappa shape index (κ3) is 6.68. The van der Waals surface area contributed by atoms with Crippen LogP contribution in [0.25, 0.3) is 0 Å². The van der Waals surface area contributed by atoms with Gasteiger partial charge in [0.05, 0.1) is 5.60 Å². The van der Waals surface area contributed by atoms with Gasteiger partial charge in [0.1, 0.15) is 5.60 Å². The second kappa shape index (κ2) is 10.2. The summed E-state index contributed by atoms with van der Waals surface area (Å²) in [5, 5.41) is 11.0. The zero-order valence-corrected chi connectivity index (χ0v) is 16.5. The van der Waals surface area contributed by atoms with Crippen molar-refractivity contribution in [2.45, 2.75) is 70.7 Å². The van der Waals surface area contributed by atoms with Crippen molar-refractivity contribution >= 4 is 0 Å². The van der Waals surface area contributed by atoms with Crippen molar-refractivity contribution < 1.29 is 24.1 Å². The number of benzene rings is 1. The van der Waals surface area contributed by atoms with E-state index >= 15 is 0 Å². The van der Waals surface area contributed by atoms with Gasteiger partial charge in [-0.15, -0.1) is 0 Å². The van der Waals surface area contributed by atoms with Crippen LogP contribution in [0.1, 0.15) is 46.1 Å². The zero-order valence-electron chi connectivity index (χ0n) is 16.5.